The van der Waals surface area contributed by atoms with Gasteiger partial charge in [-0.3, -0.25) is 9.59 Å². The Morgan fingerprint density at radius 2 is 1.92 bits per heavy atom. The molecule has 0 bridgehead atoms. The molecule has 1 aromatic carbocycles. The number of carbonyl (C=O) groups excluding carboxylic acids is 3. The van der Waals surface area contributed by atoms with Crippen LogP contribution in [0.25, 0.3) is 0 Å². The zero-order chi connectivity index (χ0) is 19.6. The van der Waals surface area contributed by atoms with Crippen LogP contribution in [0.5, 0.6) is 0 Å². The van der Waals surface area contributed by atoms with Gasteiger partial charge in [-0.05, 0) is 44.5 Å². The lowest BCUT2D eigenvalue weighted by Gasteiger charge is -2.07. The third kappa shape index (κ3) is 3.62. The lowest BCUT2D eigenvalue weighted by molar-refractivity contribution is -0.137. The SMILES string of the molecule is CCOC(=O)C(=O)c1c(Cl)c(C(=O)Nc2ccc(F)c(C)c2)c(C)n1C. The fraction of sp³-hybridized carbons (Fsp3) is 0.278. The molecule has 8 heteroatoms. The van der Waals surface area contributed by atoms with E-state index in [-0.39, 0.29) is 28.7 Å². The Morgan fingerprint density at radius 1 is 1.27 bits per heavy atom. The summed E-state index contributed by atoms with van der Waals surface area (Å²) in [7, 11) is 1.52. The van der Waals surface area contributed by atoms with Gasteiger partial charge in [-0.2, -0.15) is 0 Å². The second-order valence-corrected chi connectivity index (χ2v) is 6.03. The lowest BCUT2D eigenvalue weighted by atomic mass is 10.1. The molecule has 2 aromatic rings. The molecule has 0 radical (unpaired) electrons. The monoisotopic (exact) mass is 380 g/mol. The molecule has 1 amide bonds. The number of hydrogen-bond acceptors (Lipinski definition) is 4. The Bertz CT molecular complexity index is 905. The van der Waals surface area contributed by atoms with Crippen LogP contribution in [0.4, 0.5) is 10.1 Å². The highest BCUT2D eigenvalue weighted by atomic mass is 35.5. The Morgan fingerprint density at radius 3 is 2.50 bits per heavy atom. The van der Waals surface area contributed by atoms with Crippen molar-refractivity contribution >= 4 is 34.9 Å². The second kappa shape index (κ2) is 7.70. The van der Waals surface area contributed by atoms with Gasteiger partial charge in [-0.1, -0.05) is 11.6 Å². The fourth-order valence-electron chi connectivity index (χ4n) is 2.49. The number of esters is 1. The number of halogens is 2. The Labute approximate surface area is 154 Å². The topological polar surface area (TPSA) is 77.4 Å². The molecular weight excluding hydrogens is 363 g/mol. The number of nitrogens with zero attached hydrogens (tertiary/aromatic N) is 1. The molecule has 6 nitrogen and oxygen atoms in total. The van der Waals surface area contributed by atoms with Crippen molar-refractivity contribution in [3.63, 3.8) is 0 Å². The maximum absolute atomic E-state index is 13.4. The van der Waals surface area contributed by atoms with Gasteiger partial charge in [0.1, 0.15) is 11.5 Å². The molecule has 26 heavy (non-hydrogen) atoms. The first-order valence-electron chi connectivity index (χ1n) is 7.82. The molecule has 1 heterocycles. The summed E-state index contributed by atoms with van der Waals surface area (Å²) < 4.78 is 19.4. The van der Waals surface area contributed by atoms with Gasteiger partial charge >= 0.3 is 5.97 Å². The molecule has 2 rings (SSSR count). The van der Waals surface area contributed by atoms with Crippen LogP contribution in [0.1, 0.15) is 39.0 Å². The second-order valence-electron chi connectivity index (χ2n) is 5.65. The Kier molecular flexibility index (Phi) is 5.82. The summed E-state index contributed by atoms with van der Waals surface area (Å²) in [6.45, 7) is 4.79. The van der Waals surface area contributed by atoms with Crippen molar-refractivity contribution in [1.82, 2.24) is 4.57 Å². The highest BCUT2D eigenvalue weighted by Gasteiger charge is 2.30. The van der Waals surface area contributed by atoms with E-state index in [1.807, 2.05) is 0 Å². The zero-order valence-corrected chi connectivity index (χ0v) is 15.5. The van der Waals surface area contributed by atoms with Crippen molar-refractivity contribution in [1.29, 1.82) is 0 Å². The van der Waals surface area contributed by atoms with Crippen LogP contribution in [0.2, 0.25) is 5.02 Å². The van der Waals surface area contributed by atoms with Crippen molar-refractivity contribution < 1.29 is 23.5 Å². The molecule has 0 fully saturated rings. The number of aryl methyl sites for hydroxylation is 1. The van der Waals surface area contributed by atoms with Crippen molar-refractivity contribution in [2.45, 2.75) is 20.8 Å². The van der Waals surface area contributed by atoms with Crippen LogP contribution in [0.3, 0.4) is 0 Å². The summed E-state index contributed by atoms with van der Waals surface area (Å²) >= 11 is 6.22. The quantitative estimate of drug-likeness (QED) is 0.489. The number of anilines is 1. The van der Waals surface area contributed by atoms with E-state index in [2.05, 4.69) is 5.32 Å². The molecule has 0 atom stereocenters. The minimum absolute atomic E-state index is 0.0445. The van der Waals surface area contributed by atoms with Crippen LogP contribution in [0, 0.1) is 19.7 Å². The number of rotatable bonds is 5. The van der Waals surface area contributed by atoms with Crippen LogP contribution < -0.4 is 5.32 Å². The van der Waals surface area contributed by atoms with E-state index in [1.165, 1.54) is 29.8 Å². The number of nitrogens with one attached hydrogen (secondary N) is 1. The van der Waals surface area contributed by atoms with Crippen LogP contribution >= 0.6 is 11.6 Å². The predicted molar refractivity (Wildman–Crippen MR) is 95.2 cm³/mol. The first-order valence-corrected chi connectivity index (χ1v) is 8.20. The van der Waals surface area contributed by atoms with Gasteiger partial charge in [0, 0.05) is 18.4 Å². The number of hydrogen-bond donors (Lipinski definition) is 1. The van der Waals surface area contributed by atoms with Gasteiger partial charge in [0.25, 0.3) is 11.7 Å². The molecule has 0 aliphatic carbocycles. The molecule has 0 saturated heterocycles. The first-order chi connectivity index (χ1) is 12.2. The fourth-order valence-corrected chi connectivity index (χ4v) is 2.92. The molecular formula is C18H18ClFN2O4. The molecule has 0 aliphatic rings. The van der Waals surface area contributed by atoms with E-state index in [0.29, 0.717) is 16.9 Å². The van der Waals surface area contributed by atoms with Gasteiger partial charge in [-0.25, -0.2) is 9.18 Å². The van der Waals surface area contributed by atoms with E-state index < -0.39 is 17.7 Å². The van der Waals surface area contributed by atoms with E-state index >= 15 is 0 Å². The van der Waals surface area contributed by atoms with E-state index in [9.17, 15) is 18.8 Å². The minimum Gasteiger partial charge on any atom is -0.460 e. The van der Waals surface area contributed by atoms with E-state index in [0.717, 1.165) is 0 Å². The minimum atomic E-state index is -1.05. The number of Topliss-reactive ketones (excluding diaryl/α,β-unsaturated/α-hetero) is 1. The number of carbonyl (C=O) groups is 3. The van der Waals surface area contributed by atoms with Gasteiger partial charge in [0.2, 0.25) is 0 Å². The maximum atomic E-state index is 13.4. The molecule has 1 N–H and O–H groups in total. The van der Waals surface area contributed by atoms with Crippen molar-refractivity contribution in [3.8, 4) is 0 Å². The molecule has 0 saturated carbocycles. The number of ketones is 1. The summed E-state index contributed by atoms with van der Waals surface area (Å²) in [4.78, 5) is 36.6. The Hall–Kier alpha value is -2.67. The Balaban J connectivity index is 2.39. The number of aromatic nitrogens is 1. The largest absolute Gasteiger partial charge is 0.460 e. The van der Waals surface area contributed by atoms with E-state index in [4.69, 9.17) is 16.3 Å². The average Bonchev–Trinajstić information content (AvgIpc) is 2.80. The van der Waals surface area contributed by atoms with Crippen LogP contribution in [-0.2, 0) is 16.6 Å². The normalized spacial score (nSPS) is 10.5. The lowest BCUT2D eigenvalue weighted by Crippen LogP contribution is -2.20. The van der Waals surface area contributed by atoms with Gasteiger partial charge in [0.15, 0.2) is 0 Å². The number of benzene rings is 1. The summed E-state index contributed by atoms with van der Waals surface area (Å²) in [5.41, 5.74) is 1.09. The zero-order valence-electron chi connectivity index (χ0n) is 14.8. The summed E-state index contributed by atoms with van der Waals surface area (Å²) in [5, 5.41) is 2.47. The highest BCUT2D eigenvalue weighted by Crippen LogP contribution is 2.29. The smallest absolute Gasteiger partial charge is 0.381 e. The van der Waals surface area contributed by atoms with Gasteiger partial charge < -0.3 is 14.6 Å². The van der Waals surface area contributed by atoms with E-state index in [1.54, 1.807) is 20.8 Å². The van der Waals surface area contributed by atoms with Crippen LogP contribution in [0.15, 0.2) is 18.2 Å². The first kappa shape index (κ1) is 19.7. The van der Waals surface area contributed by atoms with Crippen LogP contribution in [-0.4, -0.2) is 28.8 Å². The standard InChI is InChI=1S/C18H18ClFN2O4/c1-5-26-18(25)16(23)15-14(19)13(10(3)22(15)4)17(24)21-11-6-7-12(20)9(2)8-11/h6-8H,5H2,1-4H3,(H,21,24). The van der Waals surface area contributed by atoms with Crippen molar-refractivity contribution in [2.75, 3.05) is 11.9 Å². The summed E-state index contributed by atoms with van der Waals surface area (Å²) in [6, 6.07) is 4.13. The van der Waals surface area contributed by atoms with Gasteiger partial charge in [0.05, 0.1) is 17.2 Å². The third-order valence-electron chi connectivity index (χ3n) is 3.95. The third-order valence-corrected chi connectivity index (χ3v) is 4.31. The van der Waals surface area contributed by atoms with Crippen molar-refractivity contribution in [2.24, 2.45) is 7.05 Å². The summed E-state index contributed by atoms with van der Waals surface area (Å²) in [5.74, 6) is -2.94. The number of ether oxygens (including phenoxy) is 1. The predicted octanol–water partition coefficient (Wildman–Crippen LogP) is 3.43. The molecule has 0 spiro atoms. The molecule has 1 aromatic heterocycles. The molecule has 0 aliphatic heterocycles. The molecule has 138 valence electrons. The van der Waals surface area contributed by atoms with Crippen molar-refractivity contribution in [3.05, 3.63) is 51.6 Å². The maximum Gasteiger partial charge on any atom is 0.381 e. The number of amides is 1. The van der Waals surface area contributed by atoms with Gasteiger partial charge in [-0.15, -0.1) is 0 Å². The average molecular weight is 381 g/mol. The summed E-state index contributed by atoms with van der Waals surface area (Å²) in [6.07, 6.45) is 0. The highest BCUT2D eigenvalue weighted by molar-refractivity contribution is 6.46. The molecule has 0 unspecified atom stereocenters.